The normalized spacial score (nSPS) is 17.3. The van der Waals surface area contributed by atoms with E-state index in [4.69, 9.17) is 0 Å². The van der Waals surface area contributed by atoms with E-state index in [-0.39, 0.29) is 22.6 Å². The number of aryl methyl sites for hydroxylation is 1. The van der Waals surface area contributed by atoms with E-state index >= 15 is 0 Å². The van der Waals surface area contributed by atoms with Crippen molar-refractivity contribution in [2.45, 2.75) is 43.9 Å². The fraction of sp³-hybridized carbons (Fsp3) is 0.375. The summed E-state index contributed by atoms with van der Waals surface area (Å²) in [4.78, 5) is 6.55. The lowest BCUT2D eigenvalue weighted by Gasteiger charge is -2.18. The molecule has 5 nitrogen and oxygen atoms in total. The zero-order chi connectivity index (χ0) is 21.8. The largest absolute Gasteiger partial charge is 0.317 e. The van der Waals surface area contributed by atoms with Crippen molar-refractivity contribution in [2.24, 2.45) is 0 Å². The number of imidazole rings is 1. The van der Waals surface area contributed by atoms with Gasteiger partial charge in [-0.2, -0.15) is 0 Å². The molecule has 1 fully saturated rings. The Kier molecular flexibility index (Phi) is 6.53. The lowest BCUT2D eigenvalue weighted by Crippen LogP contribution is -2.23. The van der Waals surface area contributed by atoms with Crippen LogP contribution in [0, 0.1) is 5.82 Å². The van der Waals surface area contributed by atoms with Gasteiger partial charge in [-0.15, -0.1) is 0 Å². The van der Waals surface area contributed by atoms with Crippen LogP contribution in [0.5, 0.6) is 0 Å². The topological polar surface area (TPSA) is 55.2 Å². The number of halogens is 1. The van der Waals surface area contributed by atoms with E-state index in [1.165, 1.54) is 6.07 Å². The van der Waals surface area contributed by atoms with Gasteiger partial charge in [0.25, 0.3) is 0 Å². The molecule has 1 aromatic heterocycles. The van der Waals surface area contributed by atoms with E-state index in [0.29, 0.717) is 13.1 Å². The van der Waals surface area contributed by atoms with Gasteiger partial charge in [0.05, 0.1) is 17.6 Å². The fourth-order valence-electron chi connectivity index (χ4n) is 4.29. The molecule has 1 aliphatic rings. The lowest BCUT2D eigenvalue weighted by molar-refractivity contribution is 0.314. The second-order valence-electron chi connectivity index (χ2n) is 8.06. The molecule has 31 heavy (non-hydrogen) atoms. The molecule has 0 N–H and O–H groups in total. The second-order valence-corrected chi connectivity index (χ2v) is 10.2. The Hall–Kier alpha value is -2.51. The first-order valence-corrected chi connectivity index (χ1v) is 12.4. The van der Waals surface area contributed by atoms with Gasteiger partial charge in [-0.05, 0) is 36.6 Å². The molecule has 164 valence electrons. The Bertz CT molecular complexity index is 1130. The summed E-state index contributed by atoms with van der Waals surface area (Å²) in [5.74, 6) is 0.0211. The summed E-state index contributed by atoms with van der Waals surface area (Å²) in [5.41, 5.74) is 2.80. The van der Waals surface area contributed by atoms with Gasteiger partial charge in [0.15, 0.2) is 0 Å². The van der Waals surface area contributed by atoms with Crippen LogP contribution in [0.15, 0.2) is 66.0 Å². The third-order valence-electron chi connectivity index (χ3n) is 6.03. The van der Waals surface area contributed by atoms with Crippen LogP contribution in [0.1, 0.15) is 36.1 Å². The highest BCUT2D eigenvalue weighted by molar-refractivity contribution is 7.91. The van der Waals surface area contributed by atoms with Crippen molar-refractivity contribution in [1.82, 2.24) is 14.5 Å². The molecule has 1 saturated heterocycles. The molecule has 0 radical (unpaired) electrons. The molecule has 4 rings (SSSR count). The monoisotopic (exact) mass is 441 g/mol. The van der Waals surface area contributed by atoms with Crippen LogP contribution in [0.4, 0.5) is 4.39 Å². The Labute approximate surface area is 183 Å². The number of nitrogens with zero attached hydrogens (tertiary/aromatic N) is 3. The number of aromatic nitrogens is 2. The third-order valence-corrected chi connectivity index (χ3v) is 7.67. The zero-order valence-corrected chi connectivity index (χ0v) is 18.6. The molecular weight excluding hydrogens is 413 g/mol. The van der Waals surface area contributed by atoms with Gasteiger partial charge in [-0.3, -0.25) is 4.90 Å². The minimum absolute atomic E-state index is 0.0217. The summed E-state index contributed by atoms with van der Waals surface area (Å²) >= 11 is 0. The average Bonchev–Trinajstić information content (AvgIpc) is 3.41. The van der Waals surface area contributed by atoms with E-state index in [0.717, 1.165) is 42.8 Å². The summed E-state index contributed by atoms with van der Waals surface area (Å²) in [7, 11) is -3.42. The van der Waals surface area contributed by atoms with Crippen LogP contribution in [0.3, 0.4) is 0 Å². The van der Waals surface area contributed by atoms with Crippen molar-refractivity contribution in [1.29, 1.82) is 0 Å². The predicted octanol–water partition coefficient (Wildman–Crippen LogP) is 4.05. The lowest BCUT2D eigenvalue weighted by atomic mass is 9.98. The maximum absolute atomic E-state index is 14.2. The number of hydrogen-bond donors (Lipinski definition) is 0. The summed E-state index contributed by atoms with van der Waals surface area (Å²) in [5, 5.41) is 0.144. The highest BCUT2D eigenvalue weighted by atomic mass is 32.2. The Balaban J connectivity index is 1.53. The van der Waals surface area contributed by atoms with Gasteiger partial charge >= 0.3 is 0 Å². The number of likely N-dealkylation sites (tertiary alicyclic amines) is 1. The van der Waals surface area contributed by atoms with Crippen molar-refractivity contribution in [3.63, 3.8) is 0 Å². The maximum Gasteiger partial charge on any atom is 0.227 e. The van der Waals surface area contributed by atoms with Crippen LogP contribution in [0.2, 0.25) is 0 Å². The number of benzene rings is 2. The van der Waals surface area contributed by atoms with Gasteiger partial charge in [0.2, 0.25) is 15.0 Å². The predicted molar refractivity (Wildman–Crippen MR) is 119 cm³/mol. The van der Waals surface area contributed by atoms with Crippen molar-refractivity contribution in [2.75, 3.05) is 18.8 Å². The molecule has 2 aromatic carbocycles. The first-order chi connectivity index (χ1) is 15.0. The SMILES string of the molecule is CCS(=O)(=O)c1ncc(CN2CC[C@H](c3ccccc3F)C2)n1CCc1ccccc1. The minimum Gasteiger partial charge on any atom is -0.317 e. The molecule has 0 spiro atoms. The summed E-state index contributed by atoms with van der Waals surface area (Å²) in [6.07, 6.45) is 3.30. The Morgan fingerprint density at radius 3 is 2.58 bits per heavy atom. The summed E-state index contributed by atoms with van der Waals surface area (Å²) in [6, 6.07) is 17.0. The summed E-state index contributed by atoms with van der Waals surface area (Å²) < 4.78 is 41.3. The molecule has 1 atom stereocenters. The van der Waals surface area contributed by atoms with Gasteiger partial charge in [-0.25, -0.2) is 17.8 Å². The summed E-state index contributed by atoms with van der Waals surface area (Å²) in [6.45, 7) is 4.40. The van der Waals surface area contributed by atoms with Crippen molar-refractivity contribution in [3.8, 4) is 0 Å². The van der Waals surface area contributed by atoms with Crippen LogP contribution in [-0.2, 0) is 29.3 Å². The van der Waals surface area contributed by atoms with E-state index in [1.807, 2.05) is 47.0 Å². The molecule has 0 unspecified atom stereocenters. The van der Waals surface area contributed by atoms with Crippen LogP contribution in [0.25, 0.3) is 0 Å². The highest BCUT2D eigenvalue weighted by Gasteiger charge is 2.28. The third kappa shape index (κ3) is 4.88. The van der Waals surface area contributed by atoms with Crippen LogP contribution < -0.4 is 0 Å². The minimum atomic E-state index is -3.42. The van der Waals surface area contributed by atoms with Crippen LogP contribution in [-0.4, -0.2) is 41.7 Å². The smallest absolute Gasteiger partial charge is 0.227 e. The second kappa shape index (κ2) is 9.32. The zero-order valence-electron chi connectivity index (χ0n) is 17.7. The quantitative estimate of drug-likeness (QED) is 0.529. The Morgan fingerprint density at radius 2 is 1.84 bits per heavy atom. The highest BCUT2D eigenvalue weighted by Crippen LogP contribution is 2.30. The molecular formula is C24H28FN3O2S. The Morgan fingerprint density at radius 1 is 1.10 bits per heavy atom. The number of hydrogen-bond acceptors (Lipinski definition) is 4. The van der Waals surface area contributed by atoms with Gasteiger partial charge in [0, 0.05) is 25.6 Å². The molecule has 7 heteroatoms. The van der Waals surface area contributed by atoms with Crippen molar-refractivity contribution in [3.05, 3.63) is 83.4 Å². The van der Waals surface area contributed by atoms with Gasteiger partial charge < -0.3 is 4.57 Å². The van der Waals surface area contributed by atoms with Gasteiger partial charge in [-0.1, -0.05) is 55.5 Å². The first kappa shape index (κ1) is 21.7. The standard InChI is InChI=1S/C24H28FN3O2S/c1-2-31(29,30)24-26-16-21(28(24)15-12-19-8-4-3-5-9-19)18-27-14-13-20(17-27)22-10-6-7-11-23(22)25/h3-11,16,20H,2,12-15,17-18H2,1H3/t20-/m0/s1. The number of rotatable bonds is 8. The molecule has 0 amide bonds. The van der Waals surface area contributed by atoms with E-state index in [9.17, 15) is 12.8 Å². The number of sulfone groups is 1. The molecule has 0 aliphatic carbocycles. The molecule has 0 bridgehead atoms. The van der Waals surface area contributed by atoms with E-state index in [1.54, 1.807) is 19.2 Å². The van der Waals surface area contributed by atoms with Crippen LogP contribution >= 0.6 is 0 Å². The fourth-order valence-corrected chi connectivity index (χ4v) is 5.30. The maximum atomic E-state index is 14.2. The van der Waals surface area contributed by atoms with E-state index in [2.05, 4.69) is 9.88 Å². The van der Waals surface area contributed by atoms with Gasteiger partial charge in [0.1, 0.15) is 5.82 Å². The first-order valence-electron chi connectivity index (χ1n) is 10.8. The molecule has 3 aromatic rings. The molecule has 0 saturated carbocycles. The average molecular weight is 442 g/mol. The van der Waals surface area contributed by atoms with Crippen molar-refractivity contribution >= 4 is 9.84 Å². The molecule has 1 aliphatic heterocycles. The van der Waals surface area contributed by atoms with E-state index < -0.39 is 9.84 Å². The molecule has 2 heterocycles. The van der Waals surface area contributed by atoms with Crippen molar-refractivity contribution < 1.29 is 12.8 Å².